The zero-order valence-electron chi connectivity index (χ0n) is 13.1. The smallest absolute Gasteiger partial charge is 0.230 e. The maximum atomic E-state index is 12.1. The van der Waals surface area contributed by atoms with E-state index in [1.165, 1.54) is 5.56 Å². The highest BCUT2D eigenvalue weighted by Gasteiger charge is 2.13. The first-order valence-electron chi connectivity index (χ1n) is 7.22. The van der Waals surface area contributed by atoms with Gasteiger partial charge in [-0.25, -0.2) is 0 Å². The summed E-state index contributed by atoms with van der Waals surface area (Å²) in [7, 11) is 1.64. The Morgan fingerprint density at radius 3 is 2.55 bits per heavy atom. The van der Waals surface area contributed by atoms with Crippen molar-refractivity contribution in [1.82, 2.24) is 5.32 Å². The Morgan fingerprint density at radius 1 is 1.18 bits per heavy atom. The molecule has 22 heavy (non-hydrogen) atoms. The van der Waals surface area contributed by atoms with Gasteiger partial charge in [0.15, 0.2) is 0 Å². The number of amides is 1. The lowest BCUT2D eigenvalue weighted by Crippen LogP contribution is -2.28. The van der Waals surface area contributed by atoms with Crippen LogP contribution in [0.15, 0.2) is 53.4 Å². The lowest BCUT2D eigenvalue weighted by Gasteiger charge is -2.17. The Labute approximate surface area is 136 Å². The number of aryl methyl sites for hydroxylation is 1. The molecule has 0 spiro atoms. The van der Waals surface area contributed by atoms with Gasteiger partial charge in [-0.1, -0.05) is 35.9 Å². The maximum absolute atomic E-state index is 12.1. The Hall–Kier alpha value is -1.94. The molecular formula is C18H21NO2S. The minimum atomic E-state index is -0.0812. The summed E-state index contributed by atoms with van der Waals surface area (Å²) < 4.78 is 5.33. The summed E-state index contributed by atoms with van der Waals surface area (Å²) in [5.74, 6) is 1.22. The number of rotatable bonds is 6. The number of methoxy groups -OCH3 is 1. The van der Waals surface area contributed by atoms with Crippen LogP contribution >= 0.6 is 11.8 Å². The molecule has 116 valence electrons. The van der Waals surface area contributed by atoms with Crippen LogP contribution in [-0.4, -0.2) is 18.8 Å². The van der Waals surface area contributed by atoms with E-state index in [2.05, 4.69) is 24.4 Å². The number of para-hydroxylation sites is 1. The summed E-state index contributed by atoms with van der Waals surface area (Å²) in [6, 6.07) is 15.8. The van der Waals surface area contributed by atoms with E-state index >= 15 is 0 Å². The van der Waals surface area contributed by atoms with E-state index in [9.17, 15) is 4.79 Å². The van der Waals surface area contributed by atoms with Crippen LogP contribution < -0.4 is 10.1 Å². The molecule has 0 aliphatic rings. The second kappa shape index (κ2) is 7.90. The van der Waals surface area contributed by atoms with Gasteiger partial charge in [0.25, 0.3) is 0 Å². The van der Waals surface area contributed by atoms with Crippen LogP contribution in [0.5, 0.6) is 5.75 Å². The fourth-order valence-corrected chi connectivity index (χ4v) is 2.88. The normalized spacial score (nSPS) is 11.8. The summed E-state index contributed by atoms with van der Waals surface area (Å²) in [5, 5.41) is 3.01. The highest BCUT2D eigenvalue weighted by molar-refractivity contribution is 8.00. The molecule has 0 radical (unpaired) electrons. The van der Waals surface area contributed by atoms with Crippen LogP contribution in [-0.2, 0) is 4.79 Å². The Kier molecular flexibility index (Phi) is 5.90. The van der Waals surface area contributed by atoms with E-state index in [0.29, 0.717) is 5.75 Å². The highest BCUT2D eigenvalue weighted by atomic mass is 32.2. The van der Waals surface area contributed by atoms with Crippen LogP contribution in [0, 0.1) is 6.92 Å². The molecule has 0 fully saturated rings. The van der Waals surface area contributed by atoms with Crippen molar-refractivity contribution < 1.29 is 9.53 Å². The summed E-state index contributed by atoms with van der Waals surface area (Å²) >= 11 is 1.54. The quantitative estimate of drug-likeness (QED) is 0.820. The number of carbonyl (C=O) groups is 1. The Morgan fingerprint density at radius 2 is 1.86 bits per heavy atom. The van der Waals surface area contributed by atoms with E-state index in [1.54, 1.807) is 18.9 Å². The third kappa shape index (κ3) is 4.53. The molecule has 3 nitrogen and oxygen atoms in total. The molecule has 0 aromatic heterocycles. The second-order valence-corrected chi connectivity index (χ2v) is 6.18. The lowest BCUT2D eigenvalue weighted by atomic mass is 10.1. The number of nitrogens with one attached hydrogen (secondary N) is 1. The van der Waals surface area contributed by atoms with E-state index in [4.69, 9.17) is 4.74 Å². The minimum absolute atomic E-state index is 0.0176. The molecule has 4 heteroatoms. The highest BCUT2D eigenvalue weighted by Crippen LogP contribution is 2.24. The van der Waals surface area contributed by atoms with Crippen LogP contribution in [0.2, 0.25) is 0 Å². The first kappa shape index (κ1) is 16.4. The first-order chi connectivity index (χ1) is 10.6. The lowest BCUT2D eigenvalue weighted by molar-refractivity contribution is -0.119. The van der Waals surface area contributed by atoms with Crippen molar-refractivity contribution in [2.24, 2.45) is 0 Å². The van der Waals surface area contributed by atoms with Crippen molar-refractivity contribution in [2.45, 2.75) is 24.8 Å². The molecule has 0 saturated heterocycles. The second-order valence-electron chi connectivity index (χ2n) is 5.13. The van der Waals surface area contributed by atoms with Crippen molar-refractivity contribution >= 4 is 17.7 Å². The molecule has 2 rings (SSSR count). The molecular weight excluding hydrogens is 294 g/mol. The zero-order valence-corrected chi connectivity index (χ0v) is 13.9. The van der Waals surface area contributed by atoms with Gasteiger partial charge in [-0.3, -0.25) is 4.79 Å². The van der Waals surface area contributed by atoms with Gasteiger partial charge in [0.05, 0.1) is 18.9 Å². The summed E-state index contributed by atoms with van der Waals surface area (Å²) in [4.78, 5) is 13.2. The molecule has 1 N–H and O–H groups in total. The number of hydrogen-bond acceptors (Lipinski definition) is 3. The average Bonchev–Trinajstić information content (AvgIpc) is 2.54. The summed E-state index contributed by atoms with van der Waals surface area (Å²) in [6.07, 6.45) is 0. The van der Waals surface area contributed by atoms with Gasteiger partial charge < -0.3 is 10.1 Å². The SMILES string of the molecule is COc1ccccc1[C@H](C)NC(=O)CSc1ccc(C)cc1. The van der Waals surface area contributed by atoms with E-state index in [-0.39, 0.29) is 11.9 Å². The molecule has 0 saturated carbocycles. The van der Waals surface area contributed by atoms with Gasteiger partial charge in [0.1, 0.15) is 5.75 Å². The molecule has 1 amide bonds. The van der Waals surface area contributed by atoms with Crippen molar-refractivity contribution in [3.05, 3.63) is 59.7 Å². The van der Waals surface area contributed by atoms with Gasteiger partial charge in [-0.2, -0.15) is 0 Å². The molecule has 0 unspecified atom stereocenters. The number of hydrogen-bond donors (Lipinski definition) is 1. The Bertz CT molecular complexity index is 625. The number of ether oxygens (including phenoxy) is 1. The molecule has 1 atom stereocenters. The summed E-state index contributed by atoms with van der Waals surface area (Å²) in [6.45, 7) is 4.02. The number of carbonyl (C=O) groups excluding carboxylic acids is 1. The maximum Gasteiger partial charge on any atom is 0.230 e. The first-order valence-corrected chi connectivity index (χ1v) is 8.20. The topological polar surface area (TPSA) is 38.3 Å². The molecule has 0 bridgehead atoms. The predicted octanol–water partition coefficient (Wildman–Crippen LogP) is 3.97. The van der Waals surface area contributed by atoms with Crippen molar-refractivity contribution in [3.63, 3.8) is 0 Å². The molecule has 0 heterocycles. The largest absolute Gasteiger partial charge is 0.496 e. The van der Waals surface area contributed by atoms with Gasteiger partial charge in [-0.05, 0) is 32.0 Å². The van der Waals surface area contributed by atoms with E-state index in [1.807, 2.05) is 43.3 Å². The predicted molar refractivity (Wildman–Crippen MR) is 91.5 cm³/mol. The fraction of sp³-hybridized carbons (Fsp3) is 0.278. The average molecular weight is 315 g/mol. The van der Waals surface area contributed by atoms with E-state index < -0.39 is 0 Å². The third-order valence-electron chi connectivity index (χ3n) is 3.37. The summed E-state index contributed by atoms with van der Waals surface area (Å²) in [5.41, 5.74) is 2.21. The van der Waals surface area contributed by atoms with Crippen LogP contribution in [0.1, 0.15) is 24.1 Å². The van der Waals surface area contributed by atoms with Gasteiger partial charge in [0, 0.05) is 10.5 Å². The van der Waals surface area contributed by atoms with Gasteiger partial charge in [0.2, 0.25) is 5.91 Å². The standard InChI is InChI=1S/C18H21NO2S/c1-13-8-10-15(11-9-13)22-12-18(20)19-14(2)16-6-4-5-7-17(16)21-3/h4-11,14H,12H2,1-3H3,(H,19,20)/t14-/m0/s1. The van der Waals surface area contributed by atoms with Gasteiger partial charge in [-0.15, -0.1) is 11.8 Å². The molecule has 2 aromatic rings. The van der Waals surface area contributed by atoms with Crippen molar-refractivity contribution in [2.75, 3.05) is 12.9 Å². The Balaban J connectivity index is 1.90. The molecule has 0 aliphatic carbocycles. The van der Waals surface area contributed by atoms with Crippen LogP contribution in [0.4, 0.5) is 0 Å². The van der Waals surface area contributed by atoms with Crippen molar-refractivity contribution in [3.8, 4) is 5.75 Å². The van der Waals surface area contributed by atoms with E-state index in [0.717, 1.165) is 16.2 Å². The fourth-order valence-electron chi connectivity index (χ4n) is 2.17. The number of benzene rings is 2. The third-order valence-corrected chi connectivity index (χ3v) is 4.39. The molecule has 2 aromatic carbocycles. The zero-order chi connectivity index (χ0) is 15.9. The minimum Gasteiger partial charge on any atom is -0.496 e. The van der Waals surface area contributed by atoms with Crippen LogP contribution in [0.3, 0.4) is 0 Å². The molecule has 0 aliphatic heterocycles. The monoisotopic (exact) mass is 315 g/mol. The number of thioether (sulfide) groups is 1. The van der Waals surface area contributed by atoms with Crippen molar-refractivity contribution in [1.29, 1.82) is 0 Å². The van der Waals surface area contributed by atoms with Crippen LogP contribution in [0.25, 0.3) is 0 Å². The van der Waals surface area contributed by atoms with Gasteiger partial charge >= 0.3 is 0 Å².